The van der Waals surface area contributed by atoms with Gasteiger partial charge in [-0.3, -0.25) is 4.79 Å². The molecule has 0 aliphatic carbocycles. The monoisotopic (exact) mass is 393 g/mol. The normalized spacial score (nSPS) is 16.6. The highest BCUT2D eigenvalue weighted by Gasteiger charge is 2.38. The first-order valence-electron chi connectivity index (χ1n) is 9.52. The summed E-state index contributed by atoms with van der Waals surface area (Å²) in [6, 6.07) is 9.37. The van der Waals surface area contributed by atoms with Gasteiger partial charge in [0.1, 0.15) is 17.4 Å². The van der Waals surface area contributed by atoms with Gasteiger partial charge in [0, 0.05) is 17.5 Å². The Labute approximate surface area is 168 Å². The number of nitrogens with two attached hydrogens (primary N) is 1. The summed E-state index contributed by atoms with van der Waals surface area (Å²) < 4.78 is 10.8. The van der Waals surface area contributed by atoms with Gasteiger partial charge in [-0.2, -0.15) is 5.26 Å². The van der Waals surface area contributed by atoms with E-state index in [1.165, 1.54) is 0 Å². The number of ether oxygens (including phenoxy) is 2. The Hall–Kier alpha value is -3.53. The maximum atomic E-state index is 13.0. The quantitative estimate of drug-likeness (QED) is 0.753. The zero-order valence-electron chi connectivity index (χ0n) is 16.7. The molecule has 3 rings (SSSR count). The van der Waals surface area contributed by atoms with Gasteiger partial charge in [0.2, 0.25) is 5.88 Å². The fraction of sp³-hybridized carbons (Fsp3) is 0.318. The molecule has 150 valence electrons. The first-order valence-corrected chi connectivity index (χ1v) is 9.52. The second kappa shape index (κ2) is 8.23. The van der Waals surface area contributed by atoms with Crippen LogP contribution in [0.5, 0.6) is 0 Å². The molecule has 2 aromatic rings. The highest BCUT2D eigenvalue weighted by Crippen LogP contribution is 2.40. The minimum atomic E-state index is -0.955. The van der Waals surface area contributed by atoms with Gasteiger partial charge in [0.05, 0.1) is 18.1 Å². The number of aromatic amines is 1. The van der Waals surface area contributed by atoms with E-state index < -0.39 is 17.4 Å². The van der Waals surface area contributed by atoms with Crippen LogP contribution in [0.4, 0.5) is 0 Å². The van der Waals surface area contributed by atoms with E-state index in [0.29, 0.717) is 24.1 Å². The summed E-state index contributed by atoms with van der Waals surface area (Å²) in [7, 11) is 0. The minimum Gasteiger partial charge on any atom is -0.463 e. The van der Waals surface area contributed by atoms with Gasteiger partial charge >= 0.3 is 5.97 Å². The number of aryl methyl sites for hydroxylation is 1. The Morgan fingerprint density at radius 3 is 2.76 bits per heavy atom. The number of nitrogens with zero attached hydrogens (tertiary/aromatic N) is 1. The number of allylic oxidation sites excluding steroid dienone is 2. The molecule has 0 fully saturated rings. The molecular weight excluding hydrogens is 370 g/mol. The van der Waals surface area contributed by atoms with Crippen molar-refractivity contribution in [1.82, 2.24) is 4.98 Å². The van der Waals surface area contributed by atoms with E-state index in [-0.39, 0.29) is 29.2 Å². The van der Waals surface area contributed by atoms with Crippen molar-refractivity contribution >= 4 is 16.9 Å². The van der Waals surface area contributed by atoms with Gasteiger partial charge < -0.3 is 20.2 Å². The molecule has 0 saturated carbocycles. The number of hydrogen-bond acceptors (Lipinski definition) is 6. The Morgan fingerprint density at radius 2 is 2.10 bits per heavy atom. The van der Waals surface area contributed by atoms with Crippen molar-refractivity contribution < 1.29 is 14.3 Å². The van der Waals surface area contributed by atoms with Crippen LogP contribution in [0.2, 0.25) is 0 Å². The molecule has 3 N–H and O–H groups in total. The van der Waals surface area contributed by atoms with E-state index in [0.717, 1.165) is 10.9 Å². The number of nitriles is 1. The number of rotatable bonds is 5. The van der Waals surface area contributed by atoms with Crippen molar-refractivity contribution in [2.45, 2.75) is 39.5 Å². The second-order valence-corrected chi connectivity index (χ2v) is 6.88. The van der Waals surface area contributed by atoms with Crippen molar-refractivity contribution in [1.29, 1.82) is 5.26 Å². The standard InChI is InChI=1S/C22H23N3O4/c1-4-6-17-19(22(27)28-5-2)18(15(11-23)20(24)29-17)14-10-13-8-7-12(3)9-16(13)25-21(14)26/h7-10,18H,4-6,24H2,1-3H3,(H,25,26)/t18-/m0/s1. The number of hydrogen-bond donors (Lipinski definition) is 2. The van der Waals surface area contributed by atoms with Crippen LogP contribution in [0.1, 0.15) is 43.7 Å². The van der Waals surface area contributed by atoms with Crippen molar-refractivity contribution in [3.05, 3.63) is 68.5 Å². The third kappa shape index (κ3) is 3.74. The molecule has 0 spiro atoms. The number of esters is 1. The van der Waals surface area contributed by atoms with E-state index in [1.807, 2.05) is 38.1 Å². The van der Waals surface area contributed by atoms with E-state index in [1.54, 1.807) is 13.0 Å². The molecular formula is C22H23N3O4. The summed E-state index contributed by atoms with van der Waals surface area (Å²) >= 11 is 0. The fourth-order valence-electron chi connectivity index (χ4n) is 3.52. The van der Waals surface area contributed by atoms with Crippen molar-refractivity contribution in [2.75, 3.05) is 6.61 Å². The number of fused-ring (bicyclic) bond motifs is 1. The lowest BCUT2D eigenvalue weighted by Crippen LogP contribution is -2.29. The van der Waals surface area contributed by atoms with Gasteiger partial charge in [-0.1, -0.05) is 19.1 Å². The minimum absolute atomic E-state index is 0.0184. The first kappa shape index (κ1) is 20.2. The van der Waals surface area contributed by atoms with Crippen molar-refractivity contribution in [3.8, 4) is 6.07 Å². The topological polar surface area (TPSA) is 118 Å². The van der Waals surface area contributed by atoms with E-state index in [2.05, 4.69) is 4.98 Å². The highest BCUT2D eigenvalue weighted by molar-refractivity contribution is 5.93. The number of carbonyl (C=O) groups excluding carboxylic acids is 1. The average Bonchev–Trinajstić information content (AvgIpc) is 2.67. The molecule has 7 nitrogen and oxygen atoms in total. The lowest BCUT2D eigenvalue weighted by atomic mass is 9.82. The molecule has 29 heavy (non-hydrogen) atoms. The Balaban J connectivity index is 2.30. The van der Waals surface area contributed by atoms with Crippen molar-refractivity contribution in [3.63, 3.8) is 0 Å². The summed E-state index contributed by atoms with van der Waals surface area (Å²) in [5.74, 6) is -1.35. The largest absolute Gasteiger partial charge is 0.463 e. The van der Waals surface area contributed by atoms with Crippen molar-refractivity contribution in [2.24, 2.45) is 5.73 Å². The highest BCUT2D eigenvalue weighted by atomic mass is 16.5. The van der Waals surface area contributed by atoms with E-state index in [4.69, 9.17) is 15.2 Å². The molecule has 0 radical (unpaired) electrons. The van der Waals surface area contributed by atoms with Crippen LogP contribution in [-0.4, -0.2) is 17.6 Å². The summed E-state index contributed by atoms with van der Waals surface area (Å²) in [6.07, 6.45) is 1.11. The summed E-state index contributed by atoms with van der Waals surface area (Å²) in [5, 5.41) is 10.5. The molecule has 0 amide bonds. The summed E-state index contributed by atoms with van der Waals surface area (Å²) in [6.45, 7) is 5.71. The Kier molecular flexibility index (Phi) is 5.74. The van der Waals surface area contributed by atoms with E-state index in [9.17, 15) is 14.9 Å². The molecule has 1 aromatic carbocycles. The number of aromatic nitrogens is 1. The Morgan fingerprint density at radius 1 is 1.34 bits per heavy atom. The number of H-pyrrole nitrogens is 1. The lowest BCUT2D eigenvalue weighted by Gasteiger charge is -2.27. The molecule has 0 bridgehead atoms. The Bertz CT molecular complexity index is 1130. The zero-order chi connectivity index (χ0) is 21.1. The second-order valence-electron chi connectivity index (χ2n) is 6.88. The van der Waals surface area contributed by atoms with Crippen LogP contribution in [-0.2, 0) is 14.3 Å². The third-order valence-electron chi connectivity index (χ3n) is 4.81. The average molecular weight is 393 g/mol. The maximum absolute atomic E-state index is 13.0. The lowest BCUT2D eigenvalue weighted by molar-refractivity contribution is -0.139. The van der Waals surface area contributed by atoms with Crippen LogP contribution in [0.25, 0.3) is 10.9 Å². The molecule has 2 heterocycles. The van der Waals surface area contributed by atoms with Crippen LogP contribution in [0.3, 0.4) is 0 Å². The molecule has 0 unspecified atom stereocenters. The van der Waals surface area contributed by atoms with Crippen LogP contribution < -0.4 is 11.3 Å². The van der Waals surface area contributed by atoms with Crippen LogP contribution >= 0.6 is 0 Å². The summed E-state index contributed by atoms with van der Waals surface area (Å²) in [5.41, 5.74) is 7.70. The molecule has 1 atom stereocenters. The molecule has 1 aromatic heterocycles. The smallest absolute Gasteiger partial charge is 0.338 e. The number of carbonyl (C=O) groups is 1. The number of pyridine rings is 1. The van der Waals surface area contributed by atoms with Gasteiger partial charge in [-0.05, 0) is 43.4 Å². The van der Waals surface area contributed by atoms with Gasteiger partial charge in [0.25, 0.3) is 5.56 Å². The van der Waals surface area contributed by atoms with Crippen LogP contribution in [0, 0.1) is 18.3 Å². The molecule has 0 saturated heterocycles. The number of nitrogens with one attached hydrogen (secondary N) is 1. The molecule has 1 aliphatic rings. The SMILES string of the molecule is CCCC1=C(C(=O)OCC)[C@@H](c2cc3ccc(C)cc3[nH]c2=O)C(C#N)=C(N)O1. The fourth-order valence-corrected chi connectivity index (χ4v) is 3.52. The molecule has 1 aliphatic heterocycles. The van der Waals surface area contributed by atoms with Crippen LogP contribution in [0.15, 0.2) is 51.8 Å². The number of benzene rings is 1. The van der Waals surface area contributed by atoms with Gasteiger partial charge in [0.15, 0.2) is 0 Å². The van der Waals surface area contributed by atoms with E-state index >= 15 is 0 Å². The molecule has 7 heteroatoms. The predicted molar refractivity (Wildman–Crippen MR) is 109 cm³/mol. The third-order valence-corrected chi connectivity index (χ3v) is 4.81. The predicted octanol–water partition coefficient (Wildman–Crippen LogP) is 3.26. The van der Waals surface area contributed by atoms with Gasteiger partial charge in [-0.25, -0.2) is 4.79 Å². The zero-order valence-corrected chi connectivity index (χ0v) is 16.7. The summed E-state index contributed by atoms with van der Waals surface area (Å²) in [4.78, 5) is 28.6. The maximum Gasteiger partial charge on any atom is 0.338 e. The first-order chi connectivity index (χ1) is 13.9. The van der Waals surface area contributed by atoms with Gasteiger partial charge in [-0.15, -0.1) is 0 Å².